The number of aromatic nitrogens is 5. The summed E-state index contributed by atoms with van der Waals surface area (Å²) in [6, 6.07) is 11.4. The molecule has 1 aliphatic heterocycles. The minimum absolute atomic E-state index is 0.153. The predicted molar refractivity (Wildman–Crippen MR) is 93.8 cm³/mol. The fourth-order valence-electron chi connectivity index (χ4n) is 3.23. The first-order valence-electron chi connectivity index (χ1n) is 8.55. The Labute approximate surface area is 145 Å². The molecule has 2 aromatic heterocycles. The summed E-state index contributed by atoms with van der Waals surface area (Å²) in [4.78, 5) is 21.4. The van der Waals surface area contributed by atoms with Crippen molar-refractivity contribution in [2.24, 2.45) is 0 Å². The monoisotopic (exact) mass is 336 g/mol. The summed E-state index contributed by atoms with van der Waals surface area (Å²) < 4.78 is 3.19. The van der Waals surface area contributed by atoms with Gasteiger partial charge in [-0.25, -0.2) is 24.0 Å². The van der Waals surface area contributed by atoms with Crippen LogP contribution in [-0.4, -0.2) is 37.4 Å². The van der Waals surface area contributed by atoms with Crippen LogP contribution < -0.4 is 11.0 Å². The Balaban J connectivity index is 1.78. The van der Waals surface area contributed by atoms with E-state index >= 15 is 0 Å². The van der Waals surface area contributed by atoms with Crippen molar-refractivity contribution in [1.82, 2.24) is 29.6 Å². The van der Waals surface area contributed by atoms with E-state index in [1.807, 2.05) is 30.3 Å². The molecule has 7 nitrogen and oxygen atoms in total. The van der Waals surface area contributed by atoms with Gasteiger partial charge in [-0.1, -0.05) is 18.2 Å². The van der Waals surface area contributed by atoms with Crippen LogP contribution in [0.15, 0.2) is 53.6 Å². The highest BCUT2D eigenvalue weighted by atomic mass is 16.2. The van der Waals surface area contributed by atoms with Gasteiger partial charge in [0.1, 0.15) is 18.2 Å². The van der Waals surface area contributed by atoms with Crippen molar-refractivity contribution in [3.63, 3.8) is 0 Å². The van der Waals surface area contributed by atoms with E-state index in [0.29, 0.717) is 5.82 Å². The van der Waals surface area contributed by atoms with Crippen LogP contribution in [0, 0.1) is 0 Å². The Kier molecular flexibility index (Phi) is 4.39. The molecular formula is C18H20N6O. The van der Waals surface area contributed by atoms with Crippen LogP contribution in [0.3, 0.4) is 0 Å². The number of piperidine rings is 1. The van der Waals surface area contributed by atoms with Gasteiger partial charge in [0, 0.05) is 24.9 Å². The standard InChI is InChI=1S/C18H20N6O/c25-18-23(13-16-20-10-5-11-21-16)22-17(14-6-4-9-19-12-14)24(18)15-7-2-1-3-8-15/h1-3,5,7-8,10-11,14,19H,4,6,9,12-13H2/t14-/m1/s1. The summed E-state index contributed by atoms with van der Waals surface area (Å²) in [6.07, 6.45) is 5.46. The quantitative estimate of drug-likeness (QED) is 0.778. The molecule has 1 fully saturated rings. The highest BCUT2D eigenvalue weighted by Crippen LogP contribution is 2.22. The molecule has 3 heterocycles. The molecule has 3 aromatic rings. The second kappa shape index (κ2) is 6.98. The molecule has 4 rings (SSSR count). The van der Waals surface area contributed by atoms with Gasteiger partial charge in [-0.15, -0.1) is 0 Å². The normalized spacial score (nSPS) is 17.5. The SMILES string of the molecule is O=c1n(Cc2ncccn2)nc([C@@H]2CCCNC2)n1-c1ccccc1. The number of rotatable bonds is 4. The van der Waals surface area contributed by atoms with Crippen molar-refractivity contribution in [1.29, 1.82) is 0 Å². The third-order valence-corrected chi connectivity index (χ3v) is 4.45. The van der Waals surface area contributed by atoms with E-state index in [1.54, 1.807) is 23.0 Å². The lowest BCUT2D eigenvalue weighted by Crippen LogP contribution is -2.31. The molecule has 0 saturated carbocycles. The number of nitrogens with one attached hydrogen (secondary N) is 1. The lowest BCUT2D eigenvalue weighted by atomic mass is 9.99. The maximum Gasteiger partial charge on any atom is 0.351 e. The van der Waals surface area contributed by atoms with Gasteiger partial charge in [0.15, 0.2) is 0 Å². The molecule has 1 N–H and O–H groups in total. The molecule has 1 aliphatic rings. The van der Waals surface area contributed by atoms with E-state index in [2.05, 4.69) is 20.4 Å². The van der Waals surface area contributed by atoms with E-state index in [1.165, 1.54) is 4.68 Å². The summed E-state index contributed by atoms with van der Waals surface area (Å²) in [5.41, 5.74) is 0.688. The van der Waals surface area contributed by atoms with Crippen LogP contribution in [0.1, 0.15) is 30.4 Å². The van der Waals surface area contributed by atoms with Crippen LogP contribution in [0.5, 0.6) is 0 Å². The Morgan fingerprint density at radius 3 is 2.64 bits per heavy atom. The summed E-state index contributed by atoms with van der Waals surface area (Å²) in [7, 11) is 0. The first kappa shape index (κ1) is 15.7. The zero-order valence-corrected chi connectivity index (χ0v) is 13.9. The topological polar surface area (TPSA) is 77.6 Å². The molecule has 0 radical (unpaired) electrons. The van der Waals surface area contributed by atoms with Gasteiger partial charge in [-0.3, -0.25) is 0 Å². The molecule has 25 heavy (non-hydrogen) atoms. The molecule has 1 atom stereocenters. The van der Waals surface area contributed by atoms with E-state index in [4.69, 9.17) is 0 Å². The molecule has 0 unspecified atom stereocenters. The maximum atomic E-state index is 13.0. The van der Waals surface area contributed by atoms with E-state index in [9.17, 15) is 4.79 Å². The molecule has 0 spiro atoms. The summed E-state index contributed by atoms with van der Waals surface area (Å²) in [5.74, 6) is 1.61. The van der Waals surface area contributed by atoms with Crippen LogP contribution >= 0.6 is 0 Å². The molecule has 0 amide bonds. The van der Waals surface area contributed by atoms with Crippen molar-refractivity contribution in [3.05, 3.63) is 70.9 Å². The number of benzene rings is 1. The third kappa shape index (κ3) is 3.23. The Hall–Kier alpha value is -2.80. The lowest BCUT2D eigenvalue weighted by Gasteiger charge is -2.22. The Bertz CT molecular complexity index is 881. The Morgan fingerprint density at radius 2 is 1.92 bits per heavy atom. The largest absolute Gasteiger partial charge is 0.351 e. The first-order valence-corrected chi connectivity index (χ1v) is 8.55. The summed E-state index contributed by atoms with van der Waals surface area (Å²) in [6.45, 7) is 2.13. The molecule has 0 bridgehead atoms. The van der Waals surface area contributed by atoms with Crippen molar-refractivity contribution >= 4 is 0 Å². The number of nitrogens with zero attached hydrogens (tertiary/aromatic N) is 5. The van der Waals surface area contributed by atoms with E-state index in [-0.39, 0.29) is 18.2 Å². The predicted octanol–water partition coefficient (Wildman–Crippen LogP) is 1.34. The fraction of sp³-hybridized carbons (Fsp3) is 0.333. The van der Waals surface area contributed by atoms with Gasteiger partial charge in [-0.2, -0.15) is 5.10 Å². The minimum Gasteiger partial charge on any atom is -0.316 e. The van der Waals surface area contributed by atoms with Crippen molar-refractivity contribution < 1.29 is 0 Å². The van der Waals surface area contributed by atoms with Crippen LogP contribution in [0.25, 0.3) is 5.69 Å². The second-order valence-electron chi connectivity index (χ2n) is 6.18. The zero-order chi connectivity index (χ0) is 17.1. The van der Waals surface area contributed by atoms with Gasteiger partial charge in [0.25, 0.3) is 0 Å². The van der Waals surface area contributed by atoms with E-state index in [0.717, 1.165) is 37.4 Å². The first-order chi connectivity index (χ1) is 12.3. The van der Waals surface area contributed by atoms with E-state index < -0.39 is 0 Å². The van der Waals surface area contributed by atoms with Crippen LogP contribution in [0.4, 0.5) is 0 Å². The van der Waals surface area contributed by atoms with Gasteiger partial charge in [0.05, 0.1) is 5.69 Å². The highest BCUT2D eigenvalue weighted by molar-refractivity contribution is 5.33. The molecule has 1 aromatic carbocycles. The lowest BCUT2D eigenvalue weighted by molar-refractivity contribution is 0.439. The maximum absolute atomic E-state index is 13.0. The van der Waals surface area contributed by atoms with Crippen molar-refractivity contribution in [2.75, 3.05) is 13.1 Å². The molecular weight excluding hydrogens is 316 g/mol. The molecule has 0 aliphatic carbocycles. The smallest absolute Gasteiger partial charge is 0.316 e. The van der Waals surface area contributed by atoms with Crippen LogP contribution in [0.2, 0.25) is 0 Å². The molecule has 1 saturated heterocycles. The van der Waals surface area contributed by atoms with Gasteiger partial charge < -0.3 is 5.32 Å². The number of hydrogen-bond acceptors (Lipinski definition) is 5. The fourth-order valence-corrected chi connectivity index (χ4v) is 3.23. The summed E-state index contributed by atoms with van der Waals surface area (Å²) in [5, 5.41) is 8.05. The minimum atomic E-state index is -0.153. The zero-order valence-electron chi connectivity index (χ0n) is 13.9. The van der Waals surface area contributed by atoms with Crippen molar-refractivity contribution in [3.8, 4) is 5.69 Å². The number of para-hydroxylation sites is 1. The van der Waals surface area contributed by atoms with Crippen LogP contribution in [-0.2, 0) is 6.54 Å². The van der Waals surface area contributed by atoms with Gasteiger partial charge in [-0.05, 0) is 37.6 Å². The summed E-state index contributed by atoms with van der Waals surface area (Å²) >= 11 is 0. The second-order valence-corrected chi connectivity index (χ2v) is 6.18. The van der Waals surface area contributed by atoms with Gasteiger partial charge >= 0.3 is 5.69 Å². The number of hydrogen-bond donors (Lipinski definition) is 1. The highest BCUT2D eigenvalue weighted by Gasteiger charge is 2.25. The van der Waals surface area contributed by atoms with Gasteiger partial charge in [0.2, 0.25) is 0 Å². The van der Waals surface area contributed by atoms with Crippen molar-refractivity contribution in [2.45, 2.75) is 25.3 Å². The third-order valence-electron chi connectivity index (χ3n) is 4.45. The molecule has 128 valence electrons. The Morgan fingerprint density at radius 1 is 1.12 bits per heavy atom. The molecule has 7 heteroatoms. The average Bonchev–Trinajstić information content (AvgIpc) is 3.00. The average molecular weight is 336 g/mol.